The highest BCUT2D eigenvalue weighted by Crippen LogP contribution is 2.31. The monoisotopic (exact) mass is 390 g/mol. The van der Waals surface area contributed by atoms with Gasteiger partial charge >= 0.3 is 5.69 Å². The van der Waals surface area contributed by atoms with E-state index < -0.39 is 17.4 Å². The van der Waals surface area contributed by atoms with Crippen molar-refractivity contribution in [3.63, 3.8) is 0 Å². The standard InChI is InChI=1S/C22H22N4O3/c1-24-14-17(20(27)25(2)22(24)29)19-23-18-11-7-6-10-16(18)21(28)26(19)13-12-15-8-4-3-5-9-15/h3-11,14,19,23H,12-13H2,1-2H3/t19-/m0/s1. The average Bonchev–Trinajstić information content (AvgIpc) is 2.75. The van der Waals surface area contributed by atoms with Crippen LogP contribution in [0.4, 0.5) is 5.69 Å². The van der Waals surface area contributed by atoms with Crippen molar-refractivity contribution >= 4 is 11.6 Å². The van der Waals surface area contributed by atoms with Crippen LogP contribution in [0.3, 0.4) is 0 Å². The highest BCUT2D eigenvalue weighted by molar-refractivity contribution is 6.01. The van der Waals surface area contributed by atoms with E-state index >= 15 is 0 Å². The van der Waals surface area contributed by atoms with Gasteiger partial charge in [0.15, 0.2) is 0 Å². The number of aryl methyl sites for hydroxylation is 1. The first-order chi connectivity index (χ1) is 14.0. The van der Waals surface area contributed by atoms with E-state index in [-0.39, 0.29) is 5.91 Å². The summed E-state index contributed by atoms with van der Waals surface area (Å²) in [6, 6.07) is 17.1. The molecule has 1 aromatic heterocycles. The van der Waals surface area contributed by atoms with Crippen LogP contribution in [-0.4, -0.2) is 26.5 Å². The molecule has 0 aliphatic carbocycles. The number of anilines is 1. The second-order valence-corrected chi connectivity index (χ2v) is 7.17. The number of hydrogen-bond acceptors (Lipinski definition) is 4. The summed E-state index contributed by atoms with van der Waals surface area (Å²) >= 11 is 0. The number of hydrogen-bond donors (Lipinski definition) is 1. The molecular weight excluding hydrogens is 368 g/mol. The van der Waals surface area contributed by atoms with E-state index in [1.54, 1.807) is 18.0 Å². The molecule has 1 aliphatic heterocycles. The number of amides is 1. The quantitative estimate of drug-likeness (QED) is 0.738. The van der Waals surface area contributed by atoms with Crippen LogP contribution in [0.5, 0.6) is 0 Å². The van der Waals surface area contributed by atoms with Crippen molar-refractivity contribution in [3.05, 3.63) is 98.3 Å². The van der Waals surface area contributed by atoms with Crippen LogP contribution >= 0.6 is 0 Å². The summed E-state index contributed by atoms with van der Waals surface area (Å²) in [4.78, 5) is 39.9. The Morgan fingerprint density at radius 3 is 2.38 bits per heavy atom. The number of aromatic nitrogens is 2. The fourth-order valence-corrected chi connectivity index (χ4v) is 3.69. The van der Waals surface area contributed by atoms with Gasteiger partial charge < -0.3 is 14.8 Å². The molecule has 7 heteroatoms. The minimum Gasteiger partial charge on any atom is -0.361 e. The Kier molecular flexibility index (Phi) is 4.80. The molecule has 0 spiro atoms. The first-order valence-corrected chi connectivity index (χ1v) is 9.44. The molecule has 2 aromatic carbocycles. The molecule has 0 saturated carbocycles. The summed E-state index contributed by atoms with van der Waals surface area (Å²) in [6.45, 7) is 0.431. The first-order valence-electron chi connectivity index (χ1n) is 9.44. The second-order valence-electron chi connectivity index (χ2n) is 7.17. The summed E-state index contributed by atoms with van der Waals surface area (Å²) in [5, 5.41) is 3.32. The molecule has 2 heterocycles. The van der Waals surface area contributed by atoms with Crippen LogP contribution in [0.15, 0.2) is 70.4 Å². The maximum atomic E-state index is 13.3. The van der Waals surface area contributed by atoms with Crippen LogP contribution in [-0.2, 0) is 20.5 Å². The van der Waals surface area contributed by atoms with Gasteiger partial charge in [-0.2, -0.15) is 0 Å². The van der Waals surface area contributed by atoms with Gasteiger partial charge in [-0.25, -0.2) is 4.79 Å². The zero-order valence-electron chi connectivity index (χ0n) is 16.3. The molecule has 7 nitrogen and oxygen atoms in total. The largest absolute Gasteiger partial charge is 0.361 e. The summed E-state index contributed by atoms with van der Waals surface area (Å²) in [7, 11) is 3.04. The van der Waals surface area contributed by atoms with Crippen molar-refractivity contribution in [3.8, 4) is 0 Å². The molecule has 1 aliphatic rings. The Morgan fingerprint density at radius 1 is 0.931 bits per heavy atom. The van der Waals surface area contributed by atoms with E-state index in [2.05, 4.69) is 5.32 Å². The topological polar surface area (TPSA) is 76.3 Å². The van der Waals surface area contributed by atoms with Crippen molar-refractivity contribution in [1.29, 1.82) is 0 Å². The maximum absolute atomic E-state index is 13.3. The van der Waals surface area contributed by atoms with Crippen LogP contribution < -0.4 is 16.6 Å². The Hall–Kier alpha value is -3.61. The highest BCUT2D eigenvalue weighted by Gasteiger charge is 2.34. The molecule has 0 radical (unpaired) electrons. The third-order valence-corrected chi connectivity index (χ3v) is 5.27. The lowest BCUT2D eigenvalue weighted by Crippen LogP contribution is -2.48. The number of fused-ring (bicyclic) bond motifs is 1. The molecular formula is C22H22N4O3. The lowest BCUT2D eigenvalue weighted by Gasteiger charge is -2.38. The summed E-state index contributed by atoms with van der Waals surface area (Å²) in [6.07, 6.45) is 1.50. The summed E-state index contributed by atoms with van der Waals surface area (Å²) in [5.74, 6) is -0.142. The van der Waals surface area contributed by atoms with Crippen molar-refractivity contribution in [2.75, 3.05) is 11.9 Å². The lowest BCUT2D eigenvalue weighted by atomic mass is 10.0. The fraction of sp³-hybridized carbons (Fsp3) is 0.227. The normalized spacial score (nSPS) is 15.7. The Labute approximate surface area is 167 Å². The zero-order valence-corrected chi connectivity index (χ0v) is 16.3. The number of para-hydroxylation sites is 1. The van der Waals surface area contributed by atoms with Gasteiger partial charge in [-0.05, 0) is 24.1 Å². The van der Waals surface area contributed by atoms with Crippen LogP contribution in [0.1, 0.15) is 27.7 Å². The van der Waals surface area contributed by atoms with Gasteiger partial charge in [0.25, 0.3) is 11.5 Å². The van der Waals surface area contributed by atoms with E-state index in [9.17, 15) is 14.4 Å². The molecule has 1 N–H and O–H groups in total. The summed E-state index contributed by atoms with van der Waals surface area (Å²) in [5.41, 5.74) is 1.88. The number of rotatable bonds is 4. The van der Waals surface area contributed by atoms with Crippen LogP contribution in [0.2, 0.25) is 0 Å². The van der Waals surface area contributed by atoms with Crippen molar-refractivity contribution in [1.82, 2.24) is 14.0 Å². The van der Waals surface area contributed by atoms with Crippen molar-refractivity contribution in [2.45, 2.75) is 12.6 Å². The first kappa shape index (κ1) is 18.7. The molecule has 0 fully saturated rings. The van der Waals surface area contributed by atoms with Crippen molar-refractivity contribution in [2.24, 2.45) is 14.1 Å². The molecule has 1 atom stereocenters. The van der Waals surface area contributed by atoms with Gasteiger partial charge in [0.05, 0.1) is 11.1 Å². The van der Waals surface area contributed by atoms with Gasteiger partial charge in [-0.15, -0.1) is 0 Å². The van der Waals surface area contributed by atoms with E-state index in [1.807, 2.05) is 48.5 Å². The highest BCUT2D eigenvalue weighted by atomic mass is 16.2. The predicted octanol–water partition coefficient (Wildman–Crippen LogP) is 1.89. The molecule has 148 valence electrons. The third kappa shape index (κ3) is 3.35. The van der Waals surface area contributed by atoms with Crippen molar-refractivity contribution < 1.29 is 4.79 Å². The molecule has 0 unspecified atom stereocenters. The molecule has 1 amide bonds. The number of nitrogens with one attached hydrogen (secondary N) is 1. The second kappa shape index (κ2) is 7.43. The summed E-state index contributed by atoms with van der Waals surface area (Å²) < 4.78 is 2.43. The van der Waals surface area contributed by atoms with Crippen LogP contribution in [0.25, 0.3) is 0 Å². The fourth-order valence-electron chi connectivity index (χ4n) is 3.69. The molecule has 0 saturated heterocycles. The van der Waals surface area contributed by atoms with Gasteiger partial charge in [0.1, 0.15) is 6.17 Å². The minimum atomic E-state index is -0.661. The number of carbonyl (C=O) groups excluding carboxylic acids is 1. The predicted molar refractivity (Wildman–Crippen MR) is 111 cm³/mol. The van der Waals surface area contributed by atoms with E-state index in [0.717, 1.165) is 10.1 Å². The van der Waals surface area contributed by atoms with Gasteiger partial charge in [-0.1, -0.05) is 42.5 Å². The Balaban J connectivity index is 1.78. The molecule has 4 rings (SSSR count). The Bertz CT molecular complexity index is 1180. The lowest BCUT2D eigenvalue weighted by molar-refractivity contribution is 0.0683. The molecule has 3 aromatic rings. The van der Waals surface area contributed by atoms with Gasteiger partial charge in [0, 0.05) is 32.5 Å². The number of benzene rings is 2. The Morgan fingerprint density at radius 2 is 1.62 bits per heavy atom. The number of carbonyl (C=O) groups is 1. The van der Waals surface area contributed by atoms with Gasteiger partial charge in [0.2, 0.25) is 0 Å². The zero-order chi connectivity index (χ0) is 20.5. The van der Waals surface area contributed by atoms with E-state index in [4.69, 9.17) is 0 Å². The maximum Gasteiger partial charge on any atom is 0.330 e. The number of nitrogens with zero attached hydrogens (tertiary/aromatic N) is 3. The van der Waals surface area contributed by atoms with E-state index in [0.29, 0.717) is 29.8 Å². The average molecular weight is 390 g/mol. The van der Waals surface area contributed by atoms with Gasteiger partial charge in [-0.3, -0.25) is 14.2 Å². The van der Waals surface area contributed by atoms with E-state index in [1.165, 1.54) is 17.8 Å². The minimum absolute atomic E-state index is 0.142. The third-order valence-electron chi connectivity index (χ3n) is 5.27. The molecule has 0 bridgehead atoms. The van der Waals surface area contributed by atoms with Crippen LogP contribution in [0, 0.1) is 0 Å². The molecule has 29 heavy (non-hydrogen) atoms. The smallest absolute Gasteiger partial charge is 0.330 e. The SMILES string of the molecule is Cn1cc([C@H]2Nc3ccccc3C(=O)N2CCc2ccccc2)c(=O)n(C)c1=O.